The SMILES string of the molecule is CC(C)C[C@H](NC(=O)c1cc(NCc2ccncc2)ccc1-c1ccccc1)C(=O)O. The Labute approximate surface area is 182 Å². The molecule has 0 fully saturated rings. The van der Waals surface area contributed by atoms with Gasteiger partial charge in [0, 0.05) is 30.2 Å². The van der Waals surface area contributed by atoms with Crippen molar-refractivity contribution in [2.24, 2.45) is 5.92 Å². The molecule has 0 aliphatic carbocycles. The highest BCUT2D eigenvalue weighted by atomic mass is 16.4. The molecule has 0 saturated carbocycles. The summed E-state index contributed by atoms with van der Waals surface area (Å²) in [6.07, 6.45) is 3.83. The van der Waals surface area contributed by atoms with Crippen molar-refractivity contribution in [1.29, 1.82) is 0 Å². The second kappa shape index (κ2) is 10.4. The Morgan fingerprint density at radius 3 is 2.35 bits per heavy atom. The molecule has 31 heavy (non-hydrogen) atoms. The van der Waals surface area contributed by atoms with Crippen LogP contribution in [0.1, 0.15) is 36.2 Å². The first-order valence-electron chi connectivity index (χ1n) is 10.3. The maximum absolute atomic E-state index is 13.2. The second-order valence-electron chi connectivity index (χ2n) is 7.83. The van der Waals surface area contributed by atoms with Crippen molar-refractivity contribution in [3.05, 3.63) is 84.2 Å². The molecule has 1 atom stereocenters. The van der Waals surface area contributed by atoms with Gasteiger partial charge in [-0.25, -0.2) is 4.79 Å². The third-order valence-electron chi connectivity index (χ3n) is 4.91. The number of carbonyl (C=O) groups excluding carboxylic acids is 1. The number of nitrogens with zero attached hydrogens (tertiary/aromatic N) is 1. The van der Waals surface area contributed by atoms with Gasteiger partial charge in [0.15, 0.2) is 0 Å². The summed E-state index contributed by atoms with van der Waals surface area (Å²) in [5.74, 6) is -1.29. The molecular formula is C25H27N3O3. The molecule has 1 heterocycles. The zero-order chi connectivity index (χ0) is 22.2. The fraction of sp³-hybridized carbons (Fsp3) is 0.240. The molecule has 0 aliphatic rings. The van der Waals surface area contributed by atoms with Gasteiger partial charge in [-0.15, -0.1) is 0 Å². The number of rotatable bonds is 9. The van der Waals surface area contributed by atoms with Crippen molar-refractivity contribution in [3.63, 3.8) is 0 Å². The van der Waals surface area contributed by atoms with E-state index in [9.17, 15) is 14.7 Å². The van der Waals surface area contributed by atoms with E-state index in [1.165, 1.54) is 0 Å². The molecule has 0 bridgehead atoms. The Morgan fingerprint density at radius 2 is 1.71 bits per heavy atom. The monoisotopic (exact) mass is 417 g/mol. The summed E-state index contributed by atoms with van der Waals surface area (Å²) in [5.41, 5.74) is 3.92. The third kappa shape index (κ3) is 6.15. The summed E-state index contributed by atoms with van der Waals surface area (Å²) in [5, 5.41) is 15.6. The van der Waals surface area contributed by atoms with Gasteiger partial charge in [0.25, 0.3) is 5.91 Å². The minimum absolute atomic E-state index is 0.142. The lowest BCUT2D eigenvalue weighted by atomic mass is 9.97. The first kappa shape index (κ1) is 22.0. The number of pyridine rings is 1. The number of aromatic nitrogens is 1. The smallest absolute Gasteiger partial charge is 0.326 e. The van der Waals surface area contributed by atoms with Crippen molar-refractivity contribution in [2.75, 3.05) is 5.32 Å². The molecule has 3 N–H and O–H groups in total. The average Bonchev–Trinajstić information content (AvgIpc) is 2.78. The number of carbonyl (C=O) groups is 2. The van der Waals surface area contributed by atoms with Crippen molar-refractivity contribution in [2.45, 2.75) is 32.9 Å². The molecule has 0 spiro atoms. The second-order valence-corrected chi connectivity index (χ2v) is 7.83. The molecule has 160 valence electrons. The molecule has 0 unspecified atom stereocenters. The largest absolute Gasteiger partial charge is 0.480 e. The van der Waals surface area contributed by atoms with E-state index in [0.717, 1.165) is 22.4 Å². The van der Waals surface area contributed by atoms with Crippen LogP contribution in [0.4, 0.5) is 5.69 Å². The Morgan fingerprint density at radius 1 is 1.00 bits per heavy atom. The summed E-state index contributed by atoms with van der Waals surface area (Å²) < 4.78 is 0. The first-order valence-corrected chi connectivity index (χ1v) is 10.3. The van der Waals surface area contributed by atoms with Crippen molar-refractivity contribution in [3.8, 4) is 11.1 Å². The third-order valence-corrected chi connectivity index (χ3v) is 4.91. The Kier molecular flexibility index (Phi) is 7.38. The van der Waals surface area contributed by atoms with Crippen LogP contribution in [0.25, 0.3) is 11.1 Å². The molecule has 1 amide bonds. The van der Waals surface area contributed by atoms with E-state index in [-0.39, 0.29) is 5.92 Å². The summed E-state index contributed by atoms with van der Waals surface area (Å²) >= 11 is 0. The molecule has 6 nitrogen and oxygen atoms in total. The standard InChI is InChI=1S/C25H27N3O3/c1-17(2)14-23(25(30)31)28-24(29)22-15-20(27-16-18-10-12-26-13-11-18)8-9-21(22)19-6-4-3-5-7-19/h3-13,15,17,23,27H,14,16H2,1-2H3,(H,28,29)(H,30,31)/t23-/m0/s1. The van der Waals surface area contributed by atoms with Crippen LogP contribution in [-0.2, 0) is 11.3 Å². The maximum Gasteiger partial charge on any atom is 0.326 e. The van der Waals surface area contributed by atoms with Crippen LogP contribution in [0.5, 0.6) is 0 Å². The number of anilines is 1. The predicted molar refractivity (Wildman–Crippen MR) is 122 cm³/mol. The number of benzene rings is 2. The van der Waals surface area contributed by atoms with Crippen LogP contribution >= 0.6 is 0 Å². The summed E-state index contributed by atoms with van der Waals surface area (Å²) in [6, 6.07) is 18.1. The number of carboxylic acids is 1. The normalized spacial score (nSPS) is 11.7. The van der Waals surface area contributed by atoms with Crippen LogP contribution in [0.3, 0.4) is 0 Å². The van der Waals surface area contributed by atoms with Gasteiger partial charge >= 0.3 is 5.97 Å². The van der Waals surface area contributed by atoms with Crippen LogP contribution in [0.15, 0.2) is 73.1 Å². The fourth-order valence-corrected chi connectivity index (χ4v) is 3.35. The quantitative estimate of drug-likeness (QED) is 0.474. The van der Waals surface area contributed by atoms with Gasteiger partial charge < -0.3 is 15.7 Å². The lowest BCUT2D eigenvalue weighted by Gasteiger charge is -2.19. The van der Waals surface area contributed by atoms with Crippen LogP contribution in [-0.4, -0.2) is 28.0 Å². The van der Waals surface area contributed by atoms with E-state index in [1.807, 2.05) is 68.4 Å². The summed E-state index contributed by atoms with van der Waals surface area (Å²) in [6.45, 7) is 4.45. The number of aliphatic carboxylic acids is 1. The molecule has 2 aromatic carbocycles. The van der Waals surface area contributed by atoms with Crippen LogP contribution < -0.4 is 10.6 Å². The number of hydrogen-bond acceptors (Lipinski definition) is 4. The van der Waals surface area contributed by atoms with Crippen LogP contribution in [0, 0.1) is 5.92 Å². The number of carboxylic acid groups (broad SMARTS) is 1. The molecule has 0 saturated heterocycles. The topological polar surface area (TPSA) is 91.3 Å². The highest BCUT2D eigenvalue weighted by molar-refractivity contribution is 6.03. The molecule has 0 aliphatic heterocycles. The van der Waals surface area contributed by atoms with E-state index < -0.39 is 17.9 Å². The number of amides is 1. The summed E-state index contributed by atoms with van der Waals surface area (Å²) in [4.78, 5) is 28.8. The molecular weight excluding hydrogens is 390 g/mol. The molecule has 1 aromatic heterocycles. The van der Waals surface area contributed by atoms with Crippen LogP contribution in [0.2, 0.25) is 0 Å². The lowest BCUT2D eigenvalue weighted by Crippen LogP contribution is -2.41. The van der Waals surface area contributed by atoms with E-state index in [1.54, 1.807) is 18.5 Å². The van der Waals surface area contributed by atoms with E-state index >= 15 is 0 Å². The zero-order valence-corrected chi connectivity index (χ0v) is 17.7. The van der Waals surface area contributed by atoms with Gasteiger partial charge in [0.2, 0.25) is 0 Å². The maximum atomic E-state index is 13.2. The van der Waals surface area contributed by atoms with Gasteiger partial charge in [-0.3, -0.25) is 9.78 Å². The Balaban J connectivity index is 1.90. The predicted octanol–water partition coefficient (Wildman–Crippen LogP) is 4.59. The van der Waals surface area contributed by atoms with Gasteiger partial charge in [-0.2, -0.15) is 0 Å². The van der Waals surface area contributed by atoms with E-state index in [4.69, 9.17) is 0 Å². The fourth-order valence-electron chi connectivity index (χ4n) is 3.35. The summed E-state index contributed by atoms with van der Waals surface area (Å²) in [7, 11) is 0. The first-order chi connectivity index (χ1) is 14.9. The molecule has 0 radical (unpaired) electrons. The lowest BCUT2D eigenvalue weighted by molar-refractivity contribution is -0.139. The van der Waals surface area contributed by atoms with Gasteiger partial charge in [-0.05, 0) is 53.3 Å². The van der Waals surface area contributed by atoms with Crippen molar-refractivity contribution >= 4 is 17.6 Å². The average molecular weight is 418 g/mol. The van der Waals surface area contributed by atoms with E-state index in [0.29, 0.717) is 18.5 Å². The minimum Gasteiger partial charge on any atom is -0.480 e. The van der Waals surface area contributed by atoms with Gasteiger partial charge in [-0.1, -0.05) is 50.2 Å². The molecule has 3 rings (SSSR count). The molecule has 6 heteroatoms. The Hall–Kier alpha value is -3.67. The zero-order valence-electron chi connectivity index (χ0n) is 17.7. The van der Waals surface area contributed by atoms with E-state index in [2.05, 4.69) is 15.6 Å². The van der Waals surface area contributed by atoms with Crippen molar-refractivity contribution < 1.29 is 14.7 Å². The minimum atomic E-state index is -1.03. The number of nitrogens with one attached hydrogen (secondary N) is 2. The van der Waals surface area contributed by atoms with Crippen molar-refractivity contribution in [1.82, 2.24) is 10.3 Å². The molecule has 3 aromatic rings. The highest BCUT2D eigenvalue weighted by Gasteiger charge is 2.23. The van der Waals surface area contributed by atoms with Gasteiger partial charge in [0.05, 0.1) is 0 Å². The number of hydrogen-bond donors (Lipinski definition) is 3. The Bertz CT molecular complexity index is 1020. The van der Waals surface area contributed by atoms with Gasteiger partial charge in [0.1, 0.15) is 6.04 Å². The highest BCUT2D eigenvalue weighted by Crippen LogP contribution is 2.27.